The average molecular weight is 220 g/mol. The van der Waals surface area contributed by atoms with Gasteiger partial charge in [0.2, 0.25) is 0 Å². The number of carboxylic acids is 1. The number of aliphatic carboxylic acids is 1. The van der Waals surface area contributed by atoms with E-state index >= 15 is 0 Å². The maximum atomic E-state index is 10.8. The summed E-state index contributed by atoms with van der Waals surface area (Å²) in [4.78, 5) is 10.8. The lowest BCUT2D eigenvalue weighted by molar-refractivity contribution is -0.217. The zero-order chi connectivity index (χ0) is 11.6. The Morgan fingerprint density at radius 1 is 1.33 bits per heavy atom. The first-order chi connectivity index (χ1) is 7.02. The Hall–Kier alpha value is -0.690. The van der Waals surface area contributed by atoms with Gasteiger partial charge in [-0.25, -0.2) is 4.79 Å². The van der Waals surface area contributed by atoms with Crippen LogP contribution in [0.1, 0.15) is 13.3 Å². The molecular formula is C9H16O6. The van der Waals surface area contributed by atoms with Crippen LogP contribution in [0, 0.1) is 5.92 Å². The third-order valence-electron chi connectivity index (χ3n) is 2.77. The second kappa shape index (κ2) is 4.89. The predicted molar refractivity (Wildman–Crippen MR) is 49.2 cm³/mol. The fraction of sp³-hybridized carbons (Fsp3) is 0.889. The number of hydrogen-bond acceptors (Lipinski definition) is 5. The smallest absolute Gasteiger partial charge is 0.333 e. The van der Waals surface area contributed by atoms with E-state index < -0.39 is 42.9 Å². The Balaban J connectivity index is 2.84. The van der Waals surface area contributed by atoms with Gasteiger partial charge in [-0.1, -0.05) is 6.92 Å². The molecule has 0 aromatic carbocycles. The van der Waals surface area contributed by atoms with Gasteiger partial charge in [0.05, 0.1) is 12.7 Å². The number of ether oxygens (including phenoxy) is 1. The highest BCUT2D eigenvalue weighted by molar-refractivity contribution is 5.73. The summed E-state index contributed by atoms with van der Waals surface area (Å²) in [5.74, 6) is -1.84. The first-order valence-electron chi connectivity index (χ1n) is 4.88. The maximum Gasteiger partial charge on any atom is 0.333 e. The van der Waals surface area contributed by atoms with Crippen molar-refractivity contribution >= 4 is 5.97 Å². The molecule has 6 heteroatoms. The molecule has 0 bridgehead atoms. The van der Waals surface area contributed by atoms with Gasteiger partial charge in [-0.15, -0.1) is 0 Å². The highest BCUT2D eigenvalue weighted by Crippen LogP contribution is 2.28. The molecule has 6 nitrogen and oxygen atoms in total. The van der Waals surface area contributed by atoms with Gasteiger partial charge in [0.1, 0.15) is 12.2 Å². The molecule has 15 heavy (non-hydrogen) atoms. The first kappa shape index (κ1) is 12.4. The highest BCUT2D eigenvalue weighted by Gasteiger charge is 2.46. The molecule has 0 radical (unpaired) electrons. The van der Waals surface area contributed by atoms with Crippen molar-refractivity contribution in [1.82, 2.24) is 0 Å². The zero-order valence-corrected chi connectivity index (χ0v) is 8.41. The van der Waals surface area contributed by atoms with Gasteiger partial charge >= 0.3 is 5.97 Å². The largest absolute Gasteiger partial charge is 0.479 e. The summed E-state index contributed by atoms with van der Waals surface area (Å²) in [6, 6.07) is 0. The monoisotopic (exact) mass is 220 g/mol. The summed E-state index contributed by atoms with van der Waals surface area (Å²) in [5.41, 5.74) is 0. The molecule has 1 aliphatic rings. The van der Waals surface area contributed by atoms with E-state index in [9.17, 15) is 15.0 Å². The molecule has 1 fully saturated rings. The topological polar surface area (TPSA) is 107 Å². The molecule has 1 heterocycles. The molecule has 1 aliphatic heterocycles. The third kappa shape index (κ3) is 2.28. The Kier molecular flexibility index (Phi) is 4.04. The second-order valence-corrected chi connectivity index (χ2v) is 3.67. The summed E-state index contributed by atoms with van der Waals surface area (Å²) < 4.78 is 5.02. The van der Waals surface area contributed by atoms with Crippen LogP contribution >= 0.6 is 0 Å². The van der Waals surface area contributed by atoms with Crippen molar-refractivity contribution in [1.29, 1.82) is 0 Å². The number of aliphatic hydroxyl groups is 3. The van der Waals surface area contributed by atoms with Gasteiger partial charge in [-0.3, -0.25) is 0 Å². The third-order valence-corrected chi connectivity index (χ3v) is 2.77. The predicted octanol–water partition coefficient (Wildman–Crippen LogP) is -1.42. The molecular weight excluding hydrogens is 204 g/mol. The lowest BCUT2D eigenvalue weighted by Gasteiger charge is -2.40. The molecule has 0 saturated carbocycles. The van der Waals surface area contributed by atoms with Crippen LogP contribution in [0.3, 0.4) is 0 Å². The fourth-order valence-corrected chi connectivity index (χ4v) is 1.87. The van der Waals surface area contributed by atoms with Crippen molar-refractivity contribution in [3.63, 3.8) is 0 Å². The van der Waals surface area contributed by atoms with Gasteiger partial charge in [-0.2, -0.15) is 0 Å². The SMILES string of the molecule is CC[C@@H]1C(C(=O)O)O[C@@H](CO)C(O)C1O. The van der Waals surface area contributed by atoms with Gasteiger partial charge in [-0.05, 0) is 6.42 Å². The van der Waals surface area contributed by atoms with Crippen molar-refractivity contribution < 1.29 is 30.0 Å². The summed E-state index contributed by atoms with van der Waals surface area (Å²) in [7, 11) is 0. The van der Waals surface area contributed by atoms with E-state index in [1.807, 2.05) is 0 Å². The van der Waals surface area contributed by atoms with Gasteiger partial charge in [0.15, 0.2) is 6.10 Å². The van der Waals surface area contributed by atoms with E-state index in [0.29, 0.717) is 6.42 Å². The fourth-order valence-electron chi connectivity index (χ4n) is 1.87. The van der Waals surface area contributed by atoms with E-state index in [1.54, 1.807) is 6.92 Å². The second-order valence-electron chi connectivity index (χ2n) is 3.67. The van der Waals surface area contributed by atoms with Crippen LogP contribution < -0.4 is 0 Å². The highest BCUT2D eigenvalue weighted by atomic mass is 16.5. The minimum Gasteiger partial charge on any atom is -0.479 e. The van der Waals surface area contributed by atoms with Crippen molar-refractivity contribution in [2.24, 2.45) is 5.92 Å². The molecule has 1 rings (SSSR count). The Labute approximate surface area is 87.1 Å². The number of rotatable bonds is 3. The van der Waals surface area contributed by atoms with E-state index in [2.05, 4.69) is 0 Å². The molecule has 88 valence electrons. The van der Waals surface area contributed by atoms with Gasteiger partial charge < -0.3 is 25.2 Å². The molecule has 0 amide bonds. The van der Waals surface area contributed by atoms with Crippen molar-refractivity contribution in [3.05, 3.63) is 0 Å². The maximum absolute atomic E-state index is 10.8. The van der Waals surface area contributed by atoms with Crippen LogP contribution in [-0.2, 0) is 9.53 Å². The van der Waals surface area contributed by atoms with E-state index in [4.69, 9.17) is 14.9 Å². The zero-order valence-electron chi connectivity index (χ0n) is 8.41. The number of aliphatic hydroxyl groups excluding tert-OH is 3. The quantitative estimate of drug-likeness (QED) is 0.465. The lowest BCUT2D eigenvalue weighted by atomic mass is 9.85. The molecule has 0 aromatic rings. The molecule has 0 spiro atoms. The molecule has 5 atom stereocenters. The summed E-state index contributed by atoms with van der Waals surface area (Å²) in [6.07, 6.45) is -4.25. The number of carbonyl (C=O) groups is 1. The van der Waals surface area contributed by atoms with Crippen molar-refractivity contribution in [2.45, 2.75) is 37.8 Å². The van der Waals surface area contributed by atoms with Crippen LogP contribution in [-0.4, -0.2) is 57.4 Å². The van der Waals surface area contributed by atoms with E-state index in [1.165, 1.54) is 0 Å². The Morgan fingerprint density at radius 2 is 1.93 bits per heavy atom. The first-order valence-corrected chi connectivity index (χ1v) is 4.88. The molecule has 0 aromatic heterocycles. The van der Waals surface area contributed by atoms with Crippen LogP contribution in [0.25, 0.3) is 0 Å². The Bertz CT molecular complexity index is 231. The summed E-state index contributed by atoms with van der Waals surface area (Å²) in [6.45, 7) is 1.19. The van der Waals surface area contributed by atoms with Crippen LogP contribution in [0.5, 0.6) is 0 Å². The van der Waals surface area contributed by atoms with Gasteiger partial charge in [0.25, 0.3) is 0 Å². The van der Waals surface area contributed by atoms with Crippen LogP contribution in [0.4, 0.5) is 0 Å². The lowest BCUT2D eigenvalue weighted by Crippen LogP contribution is -2.57. The van der Waals surface area contributed by atoms with E-state index in [0.717, 1.165) is 0 Å². The van der Waals surface area contributed by atoms with Crippen LogP contribution in [0.2, 0.25) is 0 Å². The molecule has 3 unspecified atom stereocenters. The van der Waals surface area contributed by atoms with Gasteiger partial charge in [0, 0.05) is 5.92 Å². The average Bonchev–Trinajstić information content (AvgIpc) is 2.21. The standard InChI is InChI=1S/C9H16O6/c1-2-4-6(11)7(12)5(3-10)15-8(4)9(13)14/h4-8,10-12H,2-3H2,1H3,(H,13,14)/t4-,5-,6?,7?,8?/m0/s1. The molecule has 1 saturated heterocycles. The minimum atomic E-state index is -1.24. The van der Waals surface area contributed by atoms with E-state index in [-0.39, 0.29) is 0 Å². The molecule has 4 N–H and O–H groups in total. The van der Waals surface area contributed by atoms with Crippen molar-refractivity contribution in [3.8, 4) is 0 Å². The summed E-state index contributed by atoms with van der Waals surface area (Å²) in [5, 5.41) is 36.9. The van der Waals surface area contributed by atoms with Crippen molar-refractivity contribution in [2.75, 3.05) is 6.61 Å². The summed E-state index contributed by atoms with van der Waals surface area (Å²) >= 11 is 0. The number of hydrogen-bond donors (Lipinski definition) is 4. The number of carboxylic acid groups (broad SMARTS) is 1. The Morgan fingerprint density at radius 3 is 2.33 bits per heavy atom. The minimum absolute atomic E-state index is 0.382. The normalized spacial score (nSPS) is 41.5. The molecule has 0 aliphatic carbocycles. The van der Waals surface area contributed by atoms with Crippen LogP contribution in [0.15, 0.2) is 0 Å².